The van der Waals surface area contributed by atoms with Gasteiger partial charge in [-0.3, -0.25) is 0 Å². The number of nitrogen functional groups attached to an aromatic ring is 1. The number of nitrogens with two attached hydrogens (primary N) is 1. The fourth-order valence-corrected chi connectivity index (χ4v) is 2.09. The van der Waals surface area contributed by atoms with Crippen LogP contribution in [0.15, 0.2) is 48.7 Å². The molecule has 4 N–H and O–H groups in total. The number of hydrogen-bond donors (Lipinski definition) is 3. The molecule has 19 heavy (non-hydrogen) atoms. The van der Waals surface area contributed by atoms with Crippen molar-refractivity contribution in [1.82, 2.24) is 4.98 Å². The summed E-state index contributed by atoms with van der Waals surface area (Å²) in [6.07, 6.45) is 1.88. The number of nitrogens with one attached hydrogen (secondary N) is 1. The number of aromatic nitrogens is 1. The molecule has 96 valence electrons. The lowest BCUT2D eigenvalue weighted by Crippen LogP contribution is -1.94. The van der Waals surface area contributed by atoms with Crippen LogP contribution >= 0.6 is 0 Å². The highest BCUT2D eigenvalue weighted by atomic mass is 16.5. The van der Waals surface area contributed by atoms with Crippen LogP contribution in [0, 0.1) is 0 Å². The zero-order valence-electron chi connectivity index (χ0n) is 10.3. The molecule has 0 atom stereocenters. The number of ether oxygens (including phenoxy) is 1. The number of benzene rings is 2. The van der Waals surface area contributed by atoms with Gasteiger partial charge in [-0.05, 0) is 18.2 Å². The number of para-hydroxylation sites is 3. The van der Waals surface area contributed by atoms with Crippen molar-refractivity contribution in [2.45, 2.75) is 6.61 Å². The summed E-state index contributed by atoms with van der Waals surface area (Å²) < 4.78 is 5.62. The summed E-state index contributed by atoms with van der Waals surface area (Å²) in [5.41, 5.74) is 8.52. The lowest BCUT2D eigenvalue weighted by Gasteiger charge is -2.07. The maximum absolute atomic E-state index is 9.64. The van der Waals surface area contributed by atoms with E-state index in [0.717, 1.165) is 16.5 Å². The Kier molecular flexibility index (Phi) is 2.76. The van der Waals surface area contributed by atoms with Crippen molar-refractivity contribution in [3.63, 3.8) is 0 Å². The highest BCUT2D eigenvalue weighted by Crippen LogP contribution is 2.28. The van der Waals surface area contributed by atoms with Gasteiger partial charge < -0.3 is 20.6 Å². The van der Waals surface area contributed by atoms with Crippen LogP contribution in [0.4, 0.5) is 5.69 Å². The van der Waals surface area contributed by atoms with Crippen LogP contribution < -0.4 is 10.5 Å². The summed E-state index contributed by atoms with van der Waals surface area (Å²) in [6.45, 7) is 0.376. The Balaban J connectivity index is 1.87. The molecule has 3 aromatic rings. The third-order valence-electron chi connectivity index (χ3n) is 3.08. The van der Waals surface area contributed by atoms with Gasteiger partial charge in [0.1, 0.15) is 6.61 Å². The zero-order chi connectivity index (χ0) is 13.2. The van der Waals surface area contributed by atoms with Gasteiger partial charge in [-0.25, -0.2) is 0 Å². The predicted octanol–water partition coefficient (Wildman–Crippen LogP) is 3.03. The highest BCUT2D eigenvalue weighted by Gasteiger charge is 2.07. The number of phenols is 1. The second kappa shape index (κ2) is 4.57. The average molecular weight is 254 g/mol. The Morgan fingerprint density at radius 1 is 1.11 bits per heavy atom. The van der Waals surface area contributed by atoms with Crippen molar-refractivity contribution in [1.29, 1.82) is 0 Å². The van der Waals surface area contributed by atoms with Crippen LogP contribution in [0.2, 0.25) is 0 Å². The van der Waals surface area contributed by atoms with E-state index in [1.54, 1.807) is 18.2 Å². The number of H-pyrrole nitrogens is 1. The average Bonchev–Trinajstić information content (AvgIpc) is 2.83. The van der Waals surface area contributed by atoms with Gasteiger partial charge in [0, 0.05) is 17.1 Å². The first kappa shape index (κ1) is 11.5. The minimum Gasteiger partial charge on any atom is -0.504 e. The summed E-state index contributed by atoms with van der Waals surface area (Å²) in [4.78, 5) is 3.14. The molecule has 0 saturated carbocycles. The fraction of sp³-hybridized carbons (Fsp3) is 0.0667. The molecule has 0 bridgehead atoms. The molecular weight excluding hydrogens is 240 g/mol. The minimum absolute atomic E-state index is 0.141. The largest absolute Gasteiger partial charge is 0.504 e. The molecule has 3 rings (SSSR count). The smallest absolute Gasteiger partial charge is 0.161 e. The summed E-state index contributed by atoms with van der Waals surface area (Å²) in [5, 5.41) is 10.7. The van der Waals surface area contributed by atoms with E-state index < -0.39 is 0 Å². The van der Waals surface area contributed by atoms with Crippen molar-refractivity contribution in [3.05, 3.63) is 54.2 Å². The first-order chi connectivity index (χ1) is 9.25. The first-order valence-corrected chi connectivity index (χ1v) is 6.01. The molecule has 4 heteroatoms. The van der Waals surface area contributed by atoms with Gasteiger partial charge >= 0.3 is 0 Å². The number of hydrogen-bond acceptors (Lipinski definition) is 3. The van der Waals surface area contributed by atoms with E-state index in [4.69, 9.17) is 10.5 Å². The molecule has 1 aromatic heterocycles. The van der Waals surface area contributed by atoms with Gasteiger partial charge in [0.15, 0.2) is 11.5 Å². The molecule has 0 unspecified atom stereocenters. The Morgan fingerprint density at radius 3 is 2.79 bits per heavy atom. The summed E-state index contributed by atoms with van der Waals surface area (Å²) >= 11 is 0. The van der Waals surface area contributed by atoms with Crippen LogP contribution in [-0.4, -0.2) is 10.1 Å². The molecule has 0 radical (unpaired) electrons. The van der Waals surface area contributed by atoms with Crippen LogP contribution in [-0.2, 0) is 6.61 Å². The Bertz CT molecular complexity index is 719. The lowest BCUT2D eigenvalue weighted by molar-refractivity contribution is 0.290. The normalized spacial score (nSPS) is 10.7. The van der Waals surface area contributed by atoms with Gasteiger partial charge in [-0.15, -0.1) is 0 Å². The molecule has 0 fully saturated rings. The minimum atomic E-state index is 0.141. The SMILES string of the molecule is Nc1cccc2c(COc3ccccc3O)c[nH]c12. The summed E-state index contributed by atoms with van der Waals surface area (Å²) in [5.74, 6) is 0.614. The van der Waals surface area contributed by atoms with E-state index >= 15 is 0 Å². The molecule has 0 spiro atoms. The van der Waals surface area contributed by atoms with Crippen LogP contribution in [0.3, 0.4) is 0 Å². The highest BCUT2D eigenvalue weighted by molar-refractivity contribution is 5.92. The van der Waals surface area contributed by atoms with Gasteiger partial charge in [0.2, 0.25) is 0 Å². The first-order valence-electron chi connectivity index (χ1n) is 6.01. The van der Waals surface area contributed by atoms with E-state index in [2.05, 4.69) is 4.98 Å². The standard InChI is InChI=1S/C15H14N2O2/c16-12-5-3-4-11-10(8-17-15(11)12)9-19-14-7-2-1-6-13(14)18/h1-8,17-18H,9,16H2. The molecular formula is C15H14N2O2. The zero-order valence-corrected chi connectivity index (χ0v) is 10.3. The number of fused-ring (bicyclic) bond motifs is 1. The van der Waals surface area contributed by atoms with Crippen molar-refractivity contribution >= 4 is 16.6 Å². The van der Waals surface area contributed by atoms with E-state index in [1.807, 2.05) is 30.5 Å². The maximum Gasteiger partial charge on any atom is 0.161 e. The predicted molar refractivity (Wildman–Crippen MR) is 75.1 cm³/mol. The van der Waals surface area contributed by atoms with Gasteiger partial charge in [0.05, 0.1) is 11.2 Å². The van der Waals surface area contributed by atoms with Crippen molar-refractivity contribution in [2.24, 2.45) is 0 Å². The Labute approximate surface area is 110 Å². The van der Waals surface area contributed by atoms with Crippen LogP contribution in [0.25, 0.3) is 10.9 Å². The van der Waals surface area contributed by atoms with E-state index in [1.165, 1.54) is 0 Å². The second-order valence-electron chi connectivity index (χ2n) is 4.34. The number of aromatic hydroxyl groups is 1. The Morgan fingerprint density at radius 2 is 1.95 bits per heavy atom. The number of rotatable bonds is 3. The third kappa shape index (κ3) is 2.08. The summed E-state index contributed by atoms with van der Waals surface area (Å²) in [6, 6.07) is 12.7. The van der Waals surface area contributed by atoms with Gasteiger partial charge in [-0.1, -0.05) is 24.3 Å². The van der Waals surface area contributed by atoms with E-state index in [-0.39, 0.29) is 5.75 Å². The summed E-state index contributed by atoms with van der Waals surface area (Å²) in [7, 11) is 0. The molecule has 0 aliphatic rings. The van der Waals surface area contributed by atoms with Crippen molar-refractivity contribution in [2.75, 3.05) is 5.73 Å². The molecule has 0 saturated heterocycles. The van der Waals surface area contributed by atoms with Gasteiger partial charge in [-0.2, -0.15) is 0 Å². The van der Waals surface area contributed by atoms with Crippen molar-refractivity contribution in [3.8, 4) is 11.5 Å². The molecule has 2 aromatic carbocycles. The maximum atomic E-state index is 9.64. The number of phenolic OH excluding ortho intramolecular Hbond substituents is 1. The molecule has 1 heterocycles. The van der Waals surface area contributed by atoms with Gasteiger partial charge in [0.25, 0.3) is 0 Å². The van der Waals surface area contributed by atoms with Crippen molar-refractivity contribution < 1.29 is 9.84 Å². The van der Waals surface area contributed by atoms with Crippen LogP contribution in [0.1, 0.15) is 5.56 Å². The Hall–Kier alpha value is -2.62. The number of anilines is 1. The topological polar surface area (TPSA) is 71.3 Å². The molecule has 4 nitrogen and oxygen atoms in total. The monoisotopic (exact) mass is 254 g/mol. The van der Waals surface area contributed by atoms with E-state index in [0.29, 0.717) is 18.0 Å². The molecule has 0 aliphatic heterocycles. The lowest BCUT2D eigenvalue weighted by atomic mass is 10.1. The van der Waals surface area contributed by atoms with E-state index in [9.17, 15) is 5.11 Å². The third-order valence-corrected chi connectivity index (χ3v) is 3.08. The molecule has 0 aliphatic carbocycles. The quantitative estimate of drug-likeness (QED) is 0.629. The molecule has 0 amide bonds. The number of aromatic amines is 1. The van der Waals surface area contributed by atoms with Crippen LogP contribution in [0.5, 0.6) is 11.5 Å². The second-order valence-corrected chi connectivity index (χ2v) is 4.34. The fourth-order valence-electron chi connectivity index (χ4n) is 2.09.